The summed E-state index contributed by atoms with van der Waals surface area (Å²) in [6.07, 6.45) is 1.29. The number of morpholine rings is 1. The van der Waals surface area contributed by atoms with E-state index in [1.807, 2.05) is 30.3 Å². The van der Waals surface area contributed by atoms with Crippen LogP contribution in [0.2, 0.25) is 0 Å². The van der Waals surface area contributed by atoms with Gasteiger partial charge >= 0.3 is 5.97 Å². The van der Waals surface area contributed by atoms with Gasteiger partial charge in [-0.05, 0) is 18.2 Å². The third kappa shape index (κ3) is 4.33. The van der Waals surface area contributed by atoms with Crippen LogP contribution in [0.1, 0.15) is 16.8 Å². The Morgan fingerprint density at radius 2 is 2.04 bits per heavy atom. The summed E-state index contributed by atoms with van der Waals surface area (Å²) in [6.45, 7) is 0.976. The van der Waals surface area contributed by atoms with Crippen LogP contribution in [0.25, 0.3) is 0 Å². The van der Waals surface area contributed by atoms with E-state index in [4.69, 9.17) is 14.6 Å². The van der Waals surface area contributed by atoms with Crippen molar-refractivity contribution in [3.63, 3.8) is 0 Å². The maximum atomic E-state index is 12.7. The third-order valence-corrected chi connectivity index (χ3v) is 3.85. The smallest absolute Gasteiger partial charge is 0.305 e. The van der Waals surface area contributed by atoms with Crippen molar-refractivity contribution in [3.05, 3.63) is 54.2 Å². The highest BCUT2D eigenvalue weighted by atomic mass is 16.5. The molecular formula is C18H18N2O5. The SMILES string of the molecule is O=C(O)C[C@H]1COCCN1C(=O)c1ccc(Oc2ccccc2)nc1. The van der Waals surface area contributed by atoms with Crippen LogP contribution < -0.4 is 4.74 Å². The van der Waals surface area contributed by atoms with Gasteiger partial charge in [0.05, 0.1) is 31.2 Å². The van der Waals surface area contributed by atoms with Crippen molar-refractivity contribution in [2.75, 3.05) is 19.8 Å². The van der Waals surface area contributed by atoms with Gasteiger partial charge in [-0.25, -0.2) is 4.98 Å². The summed E-state index contributed by atoms with van der Waals surface area (Å²) in [4.78, 5) is 29.3. The Morgan fingerprint density at radius 1 is 1.24 bits per heavy atom. The number of pyridine rings is 1. The number of aromatic nitrogens is 1. The van der Waals surface area contributed by atoms with Crippen LogP contribution in [-0.4, -0.2) is 52.7 Å². The summed E-state index contributed by atoms with van der Waals surface area (Å²) in [5.41, 5.74) is 0.387. The molecule has 1 saturated heterocycles. The molecule has 1 aromatic carbocycles. The number of rotatable bonds is 5. The molecule has 0 radical (unpaired) electrons. The van der Waals surface area contributed by atoms with Gasteiger partial charge in [0, 0.05) is 18.8 Å². The van der Waals surface area contributed by atoms with Gasteiger partial charge < -0.3 is 19.5 Å². The molecule has 130 valence electrons. The van der Waals surface area contributed by atoms with Crippen molar-refractivity contribution < 1.29 is 24.2 Å². The van der Waals surface area contributed by atoms with E-state index in [9.17, 15) is 9.59 Å². The molecule has 1 amide bonds. The molecule has 2 aromatic rings. The number of carbonyl (C=O) groups excluding carboxylic acids is 1. The van der Waals surface area contributed by atoms with Crippen molar-refractivity contribution in [2.45, 2.75) is 12.5 Å². The number of benzene rings is 1. The first-order valence-corrected chi connectivity index (χ1v) is 7.93. The van der Waals surface area contributed by atoms with E-state index in [0.717, 1.165) is 0 Å². The van der Waals surface area contributed by atoms with Crippen LogP contribution in [0.15, 0.2) is 48.7 Å². The Kier molecular flexibility index (Phi) is 5.25. The molecule has 0 spiro atoms. The quantitative estimate of drug-likeness (QED) is 0.896. The fraction of sp³-hybridized carbons (Fsp3) is 0.278. The van der Waals surface area contributed by atoms with Gasteiger partial charge in [0.25, 0.3) is 5.91 Å². The zero-order chi connectivity index (χ0) is 17.6. The van der Waals surface area contributed by atoms with E-state index in [-0.39, 0.29) is 18.9 Å². The molecule has 1 atom stereocenters. The second kappa shape index (κ2) is 7.76. The Bertz CT molecular complexity index is 733. The molecular weight excluding hydrogens is 324 g/mol. The van der Waals surface area contributed by atoms with E-state index in [0.29, 0.717) is 30.3 Å². The van der Waals surface area contributed by atoms with Gasteiger partial charge in [-0.15, -0.1) is 0 Å². The Balaban J connectivity index is 1.70. The highest BCUT2D eigenvalue weighted by Gasteiger charge is 2.29. The Morgan fingerprint density at radius 3 is 2.72 bits per heavy atom. The zero-order valence-corrected chi connectivity index (χ0v) is 13.5. The number of hydrogen-bond acceptors (Lipinski definition) is 5. The molecule has 0 bridgehead atoms. The van der Waals surface area contributed by atoms with E-state index < -0.39 is 12.0 Å². The molecule has 1 aromatic heterocycles. The molecule has 7 heteroatoms. The number of nitrogens with zero attached hydrogens (tertiary/aromatic N) is 2. The number of carboxylic acids is 1. The van der Waals surface area contributed by atoms with E-state index in [1.165, 1.54) is 11.1 Å². The first-order chi connectivity index (χ1) is 12.1. The molecule has 7 nitrogen and oxygen atoms in total. The number of hydrogen-bond donors (Lipinski definition) is 1. The predicted octanol–water partition coefficient (Wildman–Crippen LogP) is 2.19. The second-order valence-corrected chi connectivity index (χ2v) is 5.63. The predicted molar refractivity (Wildman–Crippen MR) is 88.6 cm³/mol. The van der Waals surface area contributed by atoms with Crippen molar-refractivity contribution in [2.24, 2.45) is 0 Å². The zero-order valence-electron chi connectivity index (χ0n) is 13.5. The molecule has 1 N–H and O–H groups in total. The lowest BCUT2D eigenvalue weighted by Crippen LogP contribution is -2.49. The van der Waals surface area contributed by atoms with Gasteiger partial charge in [0.15, 0.2) is 0 Å². The maximum absolute atomic E-state index is 12.7. The summed E-state index contributed by atoms with van der Waals surface area (Å²) >= 11 is 0. The van der Waals surface area contributed by atoms with Crippen LogP contribution in [0, 0.1) is 0 Å². The molecule has 25 heavy (non-hydrogen) atoms. The summed E-state index contributed by atoms with van der Waals surface area (Å²) < 4.78 is 10.9. The van der Waals surface area contributed by atoms with E-state index >= 15 is 0 Å². The fourth-order valence-corrected chi connectivity index (χ4v) is 2.64. The molecule has 1 aliphatic heterocycles. The number of aliphatic carboxylic acids is 1. The molecule has 0 unspecified atom stereocenters. The summed E-state index contributed by atoms with van der Waals surface area (Å²) in [6, 6.07) is 12.0. The van der Waals surface area contributed by atoms with Crippen molar-refractivity contribution in [1.29, 1.82) is 0 Å². The van der Waals surface area contributed by atoms with Gasteiger partial charge in [0.2, 0.25) is 5.88 Å². The third-order valence-electron chi connectivity index (χ3n) is 3.85. The Hall–Kier alpha value is -2.93. The number of ether oxygens (including phenoxy) is 2. The van der Waals surface area contributed by atoms with E-state index in [1.54, 1.807) is 12.1 Å². The van der Waals surface area contributed by atoms with Crippen LogP contribution in [0.5, 0.6) is 11.6 Å². The number of carboxylic acid groups (broad SMARTS) is 1. The minimum Gasteiger partial charge on any atom is -0.481 e. The fourth-order valence-electron chi connectivity index (χ4n) is 2.64. The molecule has 0 saturated carbocycles. The first kappa shape index (κ1) is 16.9. The highest BCUT2D eigenvalue weighted by Crippen LogP contribution is 2.20. The van der Waals surface area contributed by atoms with Crippen molar-refractivity contribution >= 4 is 11.9 Å². The molecule has 1 aliphatic rings. The molecule has 2 heterocycles. The number of carbonyl (C=O) groups is 2. The normalized spacial score (nSPS) is 17.1. The number of amides is 1. The average Bonchev–Trinajstić information content (AvgIpc) is 2.63. The lowest BCUT2D eigenvalue weighted by Gasteiger charge is -2.34. The number of para-hydroxylation sites is 1. The van der Waals surface area contributed by atoms with Crippen LogP contribution >= 0.6 is 0 Å². The van der Waals surface area contributed by atoms with Gasteiger partial charge in [-0.3, -0.25) is 9.59 Å². The average molecular weight is 342 g/mol. The summed E-state index contributed by atoms with van der Waals surface area (Å²) in [5.74, 6) is -0.179. The summed E-state index contributed by atoms with van der Waals surface area (Å²) in [7, 11) is 0. The second-order valence-electron chi connectivity index (χ2n) is 5.63. The highest BCUT2D eigenvalue weighted by molar-refractivity contribution is 5.94. The van der Waals surface area contributed by atoms with Crippen molar-refractivity contribution in [3.8, 4) is 11.6 Å². The molecule has 1 fully saturated rings. The largest absolute Gasteiger partial charge is 0.481 e. The lowest BCUT2D eigenvalue weighted by molar-refractivity contribution is -0.139. The minimum atomic E-state index is -0.960. The van der Waals surface area contributed by atoms with Crippen LogP contribution in [0.3, 0.4) is 0 Å². The maximum Gasteiger partial charge on any atom is 0.305 e. The topological polar surface area (TPSA) is 89.0 Å². The van der Waals surface area contributed by atoms with Gasteiger partial charge in [-0.2, -0.15) is 0 Å². The standard InChI is InChI=1S/C18H18N2O5/c21-17(22)10-14-12-24-9-8-20(14)18(23)13-6-7-16(19-11-13)25-15-4-2-1-3-5-15/h1-7,11,14H,8-10,12H2,(H,21,22)/t14-/m0/s1. The van der Waals surface area contributed by atoms with Gasteiger partial charge in [0.1, 0.15) is 5.75 Å². The Labute approximate surface area is 144 Å². The monoisotopic (exact) mass is 342 g/mol. The van der Waals surface area contributed by atoms with Crippen LogP contribution in [-0.2, 0) is 9.53 Å². The summed E-state index contributed by atoms with van der Waals surface area (Å²) in [5, 5.41) is 8.99. The van der Waals surface area contributed by atoms with E-state index in [2.05, 4.69) is 4.98 Å². The van der Waals surface area contributed by atoms with Gasteiger partial charge in [-0.1, -0.05) is 18.2 Å². The van der Waals surface area contributed by atoms with Crippen LogP contribution in [0.4, 0.5) is 0 Å². The lowest BCUT2D eigenvalue weighted by atomic mass is 10.1. The van der Waals surface area contributed by atoms with Crippen molar-refractivity contribution in [1.82, 2.24) is 9.88 Å². The first-order valence-electron chi connectivity index (χ1n) is 7.93. The molecule has 0 aliphatic carbocycles. The minimum absolute atomic E-state index is 0.144. The molecule has 3 rings (SSSR count).